The Bertz CT molecular complexity index is 405. The van der Waals surface area contributed by atoms with Gasteiger partial charge in [-0.2, -0.15) is 0 Å². The van der Waals surface area contributed by atoms with E-state index in [0.29, 0.717) is 0 Å². The zero-order chi connectivity index (χ0) is 13.5. The number of amides is 1. The van der Waals surface area contributed by atoms with E-state index in [1.54, 1.807) is 6.92 Å². The molecule has 4 heteroatoms. The molecular weight excluding hydrogens is 228 g/mol. The zero-order valence-electron chi connectivity index (χ0n) is 11.3. The Hall–Kier alpha value is -1.55. The molecule has 1 unspecified atom stereocenters. The van der Waals surface area contributed by atoms with Crippen LogP contribution in [0, 0.1) is 6.92 Å². The highest BCUT2D eigenvalue weighted by Gasteiger charge is 2.12. The van der Waals surface area contributed by atoms with Crippen molar-refractivity contribution in [1.29, 1.82) is 0 Å². The Morgan fingerprint density at radius 2 is 2.22 bits per heavy atom. The lowest BCUT2D eigenvalue weighted by Gasteiger charge is -2.16. The highest BCUT2D eigenvalue weighted by atomic mass is 16.5. The molecule has 1 atom stereocenters. The Morgan fingerprint density at radius 3 is 2.83 bits per heavy atom. The summed E-state index contributed by atoms with van der Waals surface area (Å²) in [6, 6.07) is 5.91. The van der Waals surface area contributed by atoms with Gasteiger partial charge in [0.2, 0.25) is 0 Å². The van der Waals surface area contributed by atoms with Gasteiger partial charge in [-0.3, -0.25) is 4.79 Å². The van der Waals surface area contributed by atoms with Crippen molar-refractivity contribution in [3.05, 3.63) is 29.3 Å². The van der Waals surface area contributed by atoms with E-state index in [-0.39, 0.29) is 0 Å². The van der Waals surface area contributed by atoms with Crippen molar-refractivity contribution >= 4 is 5.91 Å². The van der Waals surface area contributed by atoms with Crippen LogP contribution in [0.3, 0.4) is 0 Å². The summed E-state index contributed by atoms with van der Waals surface area (Å²) in [5.41, 5.74) is 7.43. The van der Waals surface area contributed by atoms with E-state index in [1.165, 1.54) is 5.56 Å². The molecule has 0 fully saturated rings. The van der Waals surface area contributed by atoms with Crippen LogP contribution in [0.25, 0.3) is 0 Å². The molecule has 1 aromatic carbocycles. The number of carbonyl (C=O) groups excluding carboxylic acids is 1. The molecule has 0 saturated heterocycles. The van der Waals surface area contributed by atoms with E-state index in [0.717, 1.165) is 30.8 Å². The number of ether oxygens (including phenoxy) is 1. The monoisotopic (exact) mass is 250 g/mol. The predicted octanol–water partition coefficient (Wildman–Crippen LogP) is 1.75. The lowest BCUT2D eigenvalue weighted by Crippen LogP contribution is -2.31. The smallest absolute Gasteiger partial charge is 0.258 e. The number of benzene rings is 1. The maximum atomic E-state index is 11.0. The fraction of sp³-hybridized carbons (Fsp3) is 0.500. The van der Waals surface area contributed by atoms with E-state index < -0.39 is 12.0 Å². The summed E-state index contributed by atoms with van der Waals surface area (Å²) in [5, 5.41) is 3.33. The summed E-state index contributed by atoms with van der Waals surface area (Å²) in [6.07, 6.45) is 0.470. The molecule has 1 aromatic rings. The van der Waals surface area contributed by atoms with Crippen molar-refractivity contribution < 1.29 is 9.53 Å². The van der Waals surface area contributed by atoms with Crippen molar-refractivity contribution in [2.45, 2.75) is 39.8 Å². The lowest BCUT2D eigenvalue weighted by molar-refractivity contribution is -0.124. The molecule has 1 amide bonds. The normalized spacial score (nSPS) is 12.2. The van der Waals surface area contributed by atoms with E-state index >= 15 is 0 Å². The number of hydrogen-bond donors (Lipinski definition) is 2. The molecule has 0 aliphatic carbocycles. The number of nitrogens with one attached hydrogen (secondary N) is 1. The average molecular weight is 250 g/mol. The first-order valence-electron chi connectivity index (χ1n) is 6.30. The van der Waals surface area contributed by atoms with Gasteiger partial charge in [-0.25, -0.2) is 0 Å². The first-order chi connectivity index (χ1) is 8.54. The van der Waals surface area contributed by atoms with Gasteiger partial charge in [0.15, 0.2) is 6.10 Å². The third-order valence-corrected chi connectivity index (χ3v) is 2.66. The Kier molecular flexibility index (Phi) is 5.65. The SMILES string of the molecule is CCCNCc1cc(C)ccc1OC(C)C(N)=O. The Morgan fingerprint density at radius 1 is 1.50 bits per heavy atom. The summed E-state index contributed by atoms with van der Waals surface area (Å²) in [4.78, 5) is 11.0. The molecule has 1 rings (SSSR count). The summed E-state index contributed by atoms with van der Waals surface area (Å²) in [6.45, 7) is 7.50. The topological polar surface area (TPSA) is 64.3 Å². The summed E-state index contributed by atoms with van der Waals surface area (Å²) >= 11 is 0. The van der Waals surface area contributed by atoms with Crippen LogP contribution in [0.4, 0.5) is 0 Å². The Labute approximate surface area is 109 Å². The molecule has 0 spiro atoms. The van der Waals surface area contributed by atoms with Gasteiger partial charge in [0.25, 0.3) is 5.91 Å². The molecule has 3 N–H and O–H groups in total. The summed E-state index contributed by atoms with van der Waals surface area (Å²) in [5.74, 6) is 0.263. The van der Waals surface area contributed by atoms with Crippen LogP contribution in [-0.4, -0.2) is 18.6 Å². The van der Waals surface area contributed by atoms with Crippen molar-refractivity contribution in [2.24, 2.45) is 5.73 Å². The molecule has 0 heterocycles. The number of hydrogen-bond acceptors (Lipinski definition) is 3. The van der Waals surface area contributed by atoms with E-state index in [9.17, 15) is 4.79 Å². The first kappa shape index (κ1) is 14.5. The molecule has 0 radical (unpaired) electrons. The van der Waals surface area contributed by atoms with Crippen molar-refractivity contribution in [1.82, 2.24) is 5.32 Å². The van der Waals surface area contributed by atoms with Crippen LogP contribution in [0.5, 0.6) is 5.75 Å². The van der Waals surface area contributed by atoms with Crippen molar-refractivity contribution in [3.63, 3.8) is 0 Å². The van der Waals surface area contributed by atoms with Gasteiger partial charge in [-0.15, -0.1) is 0 Å². The number of carbonyl (C=O) groups is 1. The summed E-state index contributed by atoms with van der Waals surface area (Å²) < 4.78 is 5.58. The number of primary amides is 1. The maximum Gasteiger partial charge on any atom is 0.258 e. The van der Waals surface area contributed by atoms with Crippen molar-refractivity contribution in [2.75, 3.05) is 6.54 Å². The minimum absolute atomic E-state index is 0.456. The molecule has 100 valence electrons. The lowest BCUT2D eigenvalue weighted by atomic mass is 10.1. The molecular formula is C14H22N2O2. The largest absolute Gasteiger partial charge is 0.481 e. The van der Waals surface area contributed by atoms with Gasteiger partial charge in [-0.05, 0) is 32.9 Å². The van der Waals surface area contributed by atoms with Gasteiger partial charge in [-0.1, -0.05) is 24.6 Å². The predicted molar refractivity (Wildman–Crippen MR) is 72.5 cm³/mol. The number of rotatable bonds is 7. The molecule has 0 bridgehead atoms. The number of aryl methyl sites for hydroxylation is 1. The van der Waals surface area contributed by atoms with Crippen molar-refractivity contribution in [3.8, 4) is 5.75 Å². The minimum atomic E-state index is -0.613. The van der Waals surface area contributed by atoms with Crippen LogP contribution in [0.1, 0.15) is 31.4 Å². The highest BCUT2D eigenvalue weighted by molar-refractivity contribution is 5.78. The molecule has 0 aliphatic heterocycles. The maximum absolute atomic E-state index is 11.0. The van der Waals surface area contributed by atoms with Crippen LogP contribution in [0.15, 0.2) is 18.2 Å². The third-order valence-electron chi connectivity index (χ3n) is 2.66. The standard InChI is InChI=1S/C14H22N2O2/c1-4-7-16-9-12-8-10(2)5-6-13(12)18-11(3)14(15)17/h5-6,8,11,16H,4,7,9H2,1-3H3,(H2,15,17). The molecule has 4 nitrogen and oxygen atoms in total. The van der Waals surface area contributed by atoms with Gasteiger partial charge in [0.1, 0.15) is 5.75 Å². The van der Waals surface area contributed by atoms with Gasteiger partial charge in [0.05, 0.1) is 0 Å². The fourth-order valence-electron chi connectivity index (χ4n) is 1.61. The number of nitrogens with two attached hydrogens (primary N) is 1. The second kappa shape index (κ2) is 7.01. The zero-order valence-corrected chi connectivity index (χ0v) is 11.3. The van der Waals surface area contributed by atoms with Crippen LogP contribution in [-0.2, 0) is 11.3 Å². The highest BCUT2D eigenvalue weighted by Crippen LogP contribution is 2.21. The third kappa shape index (κ3) is 4.37. The minimum Gasteiger partial charge on any atom is -0.481 e. The average Bonchev–Trinajstić information content (AvgIpc) is 2.32. The molecule has 0 aromatic heterocycles. The molecule has 0 saturated carbocycles. The second-order valence-corrected chi connectivity index (χ2v) is 4.45. The van der Waals surface area contributed by atoms with Crippen LogP contribution in [0.2, 0.25) is 0 Å². The summed E-state index contributed by atoms with van der Waals surface area (Å²) in [7, 11) is 0. The van der Waals surface area contributed by atoms with E-state index in [4.69, 9.17) is 10.5 Å². The van der Waals surface area contributed by atoms with Gasteiger partial charge >= 0.3 is 0 Å². The Balaban J connectivity index is 2.78. The molecule has 0 aliphatic rings. The van der Waals surface area contributed by atoms with Crippen LogP contribution >= 0.6 is 0 Å². The second-order valence-electron chi connectivity index (χ2n) is 4.45. The molecule has 18 heavy (non-hydrogen) atoms. The first-order valence-corrected chi connectivity index (χ1v) is 6.30. The van der Waals surface area contributed by atoms with Crippen LogP contribution < -0.4 is 15.8 Å². The quantitative estimate of drug-likeness (QED) is 0.725. The van der Waals surface area contributed by atoms with E-state index in [2.05, 4.69) is 18.3 Å². The van der Waals surface area contributed by atoms with Gasteiger partial charge in [0, 0.05) is 12.1 Å². The fourth-order valence-corrected chi connectivity index (χ4v) is 1.61. The van der Waals surface area contributed by atoms with Gasteiger partial charge < -0.3 is 15.8 Å². The van der Waals surface area contributed by atoms with E-state index in [1.807, 2.05) is 19.1 Å².